The Morgan fingerprint density at radius 1 is 1.35 bits per heavy atom. The highest BCUT2D eigenvalue weighted by atomic mass is 35.5. The van der Waals surface area contributed by atoms with Crippen LogP contribution in [0.4, 0.5) is 0 Å². The monoisotopic (exact) mass is 336 g/mol. The Morgan fingerprint density at radius 2 is 2.04 bits per heavy atom. The van der Waals surface area contributed by atoms with E-state index >= 15 is 0 Å². The van der Waals surface area contributed by atoms with Crippen molar-refractivity contribution >= 4 is 17.5 Å². The first-order valence-electron chi connectivity index (χ1n) is 8.31. The number of halogens is 1. The molecule has 126 valence electrons. The van der Waals surface area contributed by atoms with E-state index in [0.717, 1.165) is 44.7 Å². The molecule has 0 aromatic heterocycles. The molecular formula is C18H25ClN2O2. The van der Waals surface area contributed by atoms with Gasteiger partial charge in [-0.05, 0) is 44.4 Å². The van der Waals surface area contributed by atoms with Gasteiger partial charge in [0.05, 0.1) is 18.6 Å². The molecule has 2 fully saturated rings. The normalized spacial score (nSPS) is 21.0. The summed E-state index contributed by atoms with van der Waals surface area (Å²) in [5.41, 5.74) is 0.599. The second-order valence-corrected chi connectivity index (χ2v) is 7.62. The number of carbonyl (C=O) groups is 1. The Bertz CT molecular complexity index is 578. The molecule has 1 N–H and O–H groups in total. The van der Waals surface area contributed by atoms with Gasteiger partial charge in [0.2, 0.25) is 5.91 Å². The summed E-state index contributed by atoms with van der Waals surface area (Å²) in [4.78, 5) is 15.2. The predicted molar refractivity (Wildman–Crippen MR) is 91.8 cm³/mol. The Labute approximate surface area is 143 Å². The summed E-state index contributed by atoms with van der Waals surface area (Å²) in [5.74, 6) is 0.126. The third kappa shape index (κ3) is 3.54. The maximum atomic E-state index is 12.8. The van der Waals surface area contributed by atoms with Gasteiger partial charge in [-0.2, -0.15) is 0 Å². The molecule has 2 aliphatic rings. The lowest BCUT2D eigenvalue weighted by Gasteiger charge is -2.41. The van der Waals surface area contributed by atoms with Crippen LogP contribution >= 0.6 is 11.6 Å². The molecule has 1 saturated carbocycles. The Kier molecular flexibility index (Phi) is 4.68. The first-order chi connectivity index (χ1) is 10.9. The molecule has 1 saturated heterocycles. The van der Waals surface area contributed by atoms with Gasteiger partial charge < -0.3 is 10.1 Å². The van der Waals surface area contributed by atoms with Crippen LogP contribution in [0.2, 0.25) is 5.02 Å². The van der Waals surface area contributed by atoms with Crippen molar-refractivity contribution in [2.45, 2.75) is 37.6 Å². The summed E-state index contributed by atoms with van der Waals surface area (Å²) < 4.78 is 5.41. The smallest absolute Gasteiger partial charge is 0.230 e. The third-order valence-corrected chi connectivity index (χ3v) is 5.35. The lowest BCUT2D eigenvalue weighted by molar-refractivity contribution is -0.124. The molecule has 1 aliphatic heterocycles. The standard InChI is InChI=1S/C18H25ClN2O2/c1-17(2,21-8-10-23-11-9-21)13-20-16(22)18(6-7-18)14-4-3-5-15(19)12-14/h3-5,12H,6-11,13H2,1-2H3,(H,20,22). The second-order valence-electron chi connectivity index (χ2n) is 7.19. The number of ether oxygens (including phenoxy) is 1. The zero-order valence-electron chi connectivity index (χ0n) is 13.9. The summed E-state index contributed by atoms with van der Waals surface area (Å²) in [6.07, 6.45) is 1.80. The lowest BCUT2D eigenvalue weighted by Crippen LogP contribution is -2.56. The minimum atomic E-state index is -0.369. The van der Waals surface area contributed by atoms with E-state index in [2.05, 4.69) is 24.1 Å². The maximum Gasteiger partial charge on any atom is 0.230 e. The van der Waals surface area contributed by atoms with Gasteiger partial charge in [0.15, 0.2) is 0 Å². The van der Waals surface area contributed by atoms with Crippen LogP contribution in [0.15, 0.2) is 24.3 Å². The van der Waals surface area contributed by atoms with Gasteiger partial charge in [-0.25, -0.2) is 0 Å². The van der Waals surface area contributed by atoms with E-state index in [4.69, 9.17) is 16.3 Å². The number of hydrogen-bond acceptors (Lipinski definition) is 3. The van der Waals surface area contributed by atoms with E-state index in [1.54, 1.807) is 0 Å². The largest absolute Gasteiger partial charge is 0.379 e. The molecule has 0 spiro atoms. The fourth-order valence-corrected chi connectivity index (χ4v) is 3.49. The Hall–Kier alpha value is -1.10. The molecule has 1 aromatic rings. The minimum Gasteiger partial charge on any atom is -0.379 e. The average molecular weight is 337 g/mol. The third-order valence-electron chi connectivity index (χ3n) is 5.11. The van der Waals surface area contributed by atoms with E-state index in [1.165, 1.54) is 0 Å². The number of carbonyl (C=O) groups excluding carboxylic acids is 1. The maximum absolute atomic E-state index is 12.8. The molecule has 0 bridgehead atoms. The van der Waals surface area contributed by atoms with E-state index in [1.807, 2.05) is 24.3 Å². The highest BCUT2D eigenvalue weighted by Crippen LogP contribution is 2.48. The van der Waals surface area contributed by atoms with Crippen LogP contribution in [-0.2, 0) is 14.9 Å². The summed E-state index contributed by atoms with van der Waals surface area (Å²) in [7, 11) is 0. The van der Waals surface area contributed by atoms with Crippen molar-refractivity contribution in [1.82, 2.24) is 10.2 Å². The topological polar surface area (TPSA) is 41.6 Å². The summed E-state index contributed by atoms with van der Waals surface area (Å²) in [6, 6.07) is 7.69. The fourth-order valence-electron chi connectivity index (χ4n) is 3.30. The number of rotatable bonds is 5. The number of hydrogen-bond donors (Lipinski definition) is 1. The van der Waals surface area contributed by atoms with Crippen molar-refractivity contribution in [2.24, 2.45) is 0 Å². The predicted octanol–water partition coefficient (Wildman–Crippen LogP) is 2.60. The lowest BCUT2D eigenvalue weighted by atomic mass is 9.94. The number of benzene rings is 1. The summed E-state index contributed by atoms with van der Waals surface area (Å²) >= 11 is 6.08. The average Bonchev–Trinajstić information content (AvgIpc) is 3.35. The van der Waals surface area contributed by atoms with E-state index < -0.39 is 0 Å². The van der Waals surface area contributed by atoms with Gasteiger partial charge in [0, 0.05) is 30.2 Å². The van der Waals surface area contributed by atoms with Gasteiger partial charge in [0.25, 0.3) is 0 Å². The van der Waals surface area contributed by atoms with Crippen molar-refractivity contribution in [3.63, 3.8) is 0 Å². The summed E-state index contributed by atoms with van der Waals surface area (Å²) in [6.45, 7) is 8.38. The van der Waals surface area contributed by atoms with Gasteiger partial charge in [-0.3, -0.25) is 9.69 Å². The van der Waals surface area contributed by atoms with Crippen LogP contribution in [-0.4, -0.2) is 49.2 Å². The van der Waals surface area contributed by atoms with Gasteiger partial charge >= 0.3 is 0 Å². The highest BCUT2D eigenvalue weighted by molar-refractivity contribution is 6.30. The first-order valence-corrected chi connectivity index (χ1v) is 8.69. The summed E-state index contributed by atoms with van der Waals surface area (Å²) in [5, 5.41) is 3.87. The molecule has 5 heteroatoms. The van der Waals surface area contributed by atoms with Gasteiger partial charge in [0.1, 0.15) is 0 Å². The molecular weight excluding hydrogens is 312 g/mol. The van der Waals surface area contributed by atoms with E-state index in [9.17, 15) is 4.79 Å². The molecule has 23 heavy (non-hydrogen) atoms. The number of amides is 1. The minimum absolute atomic E-state index is 0.0656. The SMILES string of the molecule is CC(C)(CNC(=O)C1(c2cccc(Cl)c2)CC1)N1CCOCC1. The number of nitrogens with zero attached hydrogens (tertiary/aromatic N) is 1. The molecule has 0 atom stereocenters. The molecule has 1 aliphatic carbocycles. The Balaban J connectivity index is 1.63. The molecule has 0 radical (unpaired) electrons. The van der Waals surface area contributed by atoms with Crippen LogP contribution in [0.1, 0.15) is 32.3 Å². The van der Waals surface area contributed by atoms with Crippen LogP contribution < -0.4 is 5.32 Å². The molecule has 4 nitrogen and oxygen atoms in total. The van der Waals surface area contributed by atoms with Crippen molar-refractivity contribution < 1.29 is 9.53 Å². The van der Waals surface area contributed by atoms with E-state index in [0.29, 0.717) is 11.6 Å². The van der Waals surface area contributed by atoms with Crippen LogP contribution in [0.3, 0.4) is 0 Å². The highest BCUT2D eigenvalue weighted by Gasteiger charge is 2.51. The molecule has 3 rings (SSSR count). The van der Waals surface area contributed by atoms with Crippen LogP contribution in [0.5, 0.6) is 0 Å². The Morgan fingerprint density at radius 3 is 2.65 bits per heavy atom. The molecule has 1 amide bonds. The van der Waals surface area contributed by atoms with Crippen molar-refractivity contribution in [3.05, 3.63) is 34.9 Å². The van der Waals surface area contributed by atoms with E-state index in [-0.39, 0.29) is 16.9 Å². The first kappa shape index (κ1) is 16.7. The number of morpholine rings is 1. The van der Waals surface area contributed by atoms with Crippen molar-refractivity contribution in [1.29, 1.82) is 0 Å². The fraction of sp³-hybridized carbons (Fsp3) is 0.611. The zero-order valence-corrected chi connectivity index (χ0v) is 14.7. The number of nitrogens with one attached hydrogen (secondary N) is 1. The van der Waals surface area contributed by atoms with Crippen LogP contribution in [0, 0.1) is 0 Å². The zero-order chi connectivity index (χ0) is 16.5. The van der Waals surface area contributed by atoms with Crippen molar-refractivity contribution in [2.75, 3.05) is 32.8 Å². The molecule has 1 aromatic carbocycles. The van der Waals surface area contributed by atoms with Crippen molar-refractivity contribution in [3.8, 4) is 0 Å². The second kappa shape index (κ2) is 6.42. The van der Waals surface area contributed by atoms with Gasteiger partial charge in [-0.15, -0.1) is 0 Å². The molecule has 0 unspecified atom stereocenters. The molecule has 1 heterocycles. The van der Waals surface area contributed by atoms with Gasteiger partial charge in [-0.1, -0.05) is 23.7 Å². The quantitative estimate of drug-likeness (QED) is 0.898. The van der Waals surface area contributed by atoms with Crippen LogP contribution in [0.25, 0.3) is 0 Å².